The van der Waals surface area contributed by atoms with Crippen molar-refractivity contribution >= 4 is 21.6 Å². The Kier molecular flexibility index (Phi) is 4.25. The van der Waals surface area contributed by atoms with Gasteiger partial charge in [-0.15, -0.1) is 0 Å². The van der Waals surface area contributed by atoms with Crippen molar-refractivity contribution in [2.45, 2.75) is 19.3 Å². The third kappa shape index (κ3) is 3.43. The van der Waals surface area contributed by atoms with Crippen LogP contribution in [0.2, 0.25) is 5.15 Å². The van der Waals surface area contributed by atoms with Gasteiger partial charge in [0.1, 0.15) is 5.15 Å². The Labute approximate surface area is 113 Å². The van der Waals surface area contributed by atoms with Crippen molar-refractivity contribution in [3.63, 3.8) is 0 Å². The maximum atomic E-state index is 11.5. The fourth-order valence-electron chi connectivity index (χ4n) is 2.38. The van der Waals surface area contributed by atoms with Gasteiger partial charge in [0.15, 0.2) is 0 Å². The SMILES string of the molecule is CS(=O)(=O)N1CCC[C@@H](Cc2cccnc2Cl)C1. The highest BCUT2D eigenvalue weighted by Gasteiger charge is 2.26. The van der Waals surface area contributed by atoms with Crippen molar-refractivity contribution < 1.29 is 8.42 Å². The van der Waals surface area contributed by atoms with Crippen molar-refractivity contribution in [1.82, 2.24) is 9.29 Å². The number of piperidine rings is 1. The van der Waals surface area contributed by atoms with Gasteiger partial charge in [-0.3, -0.25) is 0 Å². The lowest BCUT2D eigenvalue weighted by atomic mass is 9.93. The molecule has 1 atom stereocenters. The smallest absolute Gasteiger partial charge is 0.211 e. The van der Waals surface area contributed by atoms with Crippen LogP contribution in [0.4, 0.5) is 0 Å². The van der Waals surface area contributed by atoms with Crippen LogP contribution in [0.15, 0.2) is 18.3 Å². The number of pyridine rings is 1. The molecule has 0 saturated carbocycles. The van der Waals surface area contributed by atoms with Gasteiger partial charge in [-0.25, -0.2) is 17.7 Å². The van der Waals surface area contributed by atoms with Gasteiger partial charge in [0.25, 0.3) is 0 Å². The molecule has 4 nitrogen and oxygen atoms in total. The van der Waals surface area contributed by atoms with Crippen LogP contribution < -0.4 is 0 Å². The molecular formula is C12H17ClN2O2S. The number of aromatic nitrogens is 1. The van der Waals surface area contributed by atoms with Gasteiger partial charge in [0.2, 0.25) is 10.0 Å². The zero-order chi connectivity index (χ0) is 13.2. The molecule has 1 aromatic heterocycles. The second-order valence-corrected chi connectivity index (χ2v) is 7.13. The molecule has 1 aromatic rings. The predicted molar refractivity (Wildman–Crippen MR) is 72.1 cm³/mol. The van der Waals surface area contributed by atoms with E-state index in [1.807, 2.05) is 12.1 Å². The minimum absolute atomic E-state index is 0.329. The monoisotopic (exact) mass is 288 g/mol. The van der Waals surface area contributed by atoms with Gasteiger partial charge in [-0.2, -0.15) is 0 Å². The lowest BCUT2D eigenvalue weighted by Crippen LogP contribution is -2.39. The zero-order valence-electron chi connectivity index (χ0n) is 10.3. The standard InChI is InChI=1S/C12H17ClN2O2S/c1-18(16,17)15-7-3-4-10(9-15)8-11-5-2-6-14-12(11)13/h2,5-6,10H,3-4,7-9H2,1H3/t10-/m0/s1. The summed E-state index contributed by atoms with van der Waals surface area (Å²) >= 11 is 6.03. The summed E-state index contributed by atoms with van der Waals surface area (Å²) in [4.78, 5) is 4.05. The van der Waals surface area contributed by atoms with Crippen LogP contribution in [0.5, 0.6) is 0 Å². The van der Waals surface area contributed by atoms with Gasteiger partial charge < -0.3 is 0 Å². The second kappa shape index (κ2) is 5.55. The highest BCUT2D eigenvalue weighted by molar-refractivity contribution is 7.88. The largest absolute Gasteiger partial charge is 0.244 e. The highest BCUT2D eigenvalue weighted by atomic mass is 35.5. The van der Waals surface area contributed by atoms with E-state index in [9.17, 15) is 8.42 Å². The lowest BCUT2D eigenvalue weighted by Gasteiger charge is -2.31. The van der Waals surface area contributed by atoms with E-state index in [1.54, 1.807) is 10.5 Å². The highest BCUT2D eigenvalue weighted by Crippen LogP contribution is 2.24. The van der Waals surface area contributed by atoms with E-state index < -0.39 is 10.0 Å². The van der Waals surface area contributed by atoms with Crippen LogP contribution in [0.25, 0.3) is 0 Å². The van der Waals surface area contributed by atoms with E-state index >= 15 is 0 Å². The Morgan fingerprint density at radius 1 is 1.56 bits per heavy atom. The summed E-state index contributed by atoms with van der Waals surface area (Å²) in [6, 6.07) is 3.81. The third-order valence-electron chi connectivity index (χ3n) is 3.30. The molecule has 0 bridgehead atoms. The average Bonchev–Trinajstić information content (AvgIpc) is 2.31. The number of rotatable bonds is 3. The topological polar surface area (TPSA) is 50.3 Å². The van der Waals surface area contributed by atoms with E-state index in [2.05, 4.69) is 4.98 Å². The number of hydrogen-bond acceptors (Lipinski definition) is 3. The molecule has 2 heterocycles. The molecule has 0 aliphatic carbocycles. The predicted octanol–water partition coefficient (Wildman–Crippen LogP) is 1.95. The third-order valence-corrected chi connectivity index (χ3v) is 4.91. The van der Waals surface area contributed by atoms with Crippen LogP contribution in [0.3, 0.4) is 0 Å². The minimum Gasteiger partial charge on any atom is -0.244 e. The maximum absolute atomic E-state index is 11.5. The summed E-state index contributed by atoms with van der Waals surface area (Å²) in [5, 5.41) is 0.522. The first-order valence-electron chi connectivity index (χ1n) is 6.01. The Bertz CT molecular complexity index is 519. The zero-order valence-corrected chi connectivity index (χ0v) is 11.9. The molecule has 0 radical (unpaired) electrons. The van der Waals surface area contributed by atoms with Crippen LogP contribution in [-0.2, 0) is 16.4 Å². The summed E-state index contributed by atoms with van der Waals surface area (Å²) in [7, 11) is -3.08. The van der Waals surface area contributed by atoms with E-state index in [4.69, 9.17) is 11.6 Å². The van der Waals surface area contributed by atoms with Crippen LogP contribution >= 0.6 is 11.6 Å². The average molecular weight is 289 g/mol. The summed E-state index contributed by atoms with van der Waals surface area (Å²) in [6.07, 6.45) is 5.67. The fourth-order valence-corrected chi connectivity index (χ4v) is 3.52. The van der Waals surface area contributed by atoms with Crippen LogP contribution in [-0.4, -0.2) is 37.1 Å². The number of hydrogen-bond donors (Lipinski definition) is 0. The first kappa shape index (κ1) is 13.8. The number of sulfonamides is 1. The molecule has 0 spiro atoms. The quantitative estimate of drug-likeness (QED) is 0.799. The van der Waals surface area contributed by atoms with Crippen molar-refractivity contribution in [1.29, 1.82) is 0 Å². The molecule has 1 aliphatic rings. The van der Waals surface area contributed by atoms with Gasteiger partial charge in [0.05, 0.1) is 6.26 Å². The Morgan fingerprint density at radius 3 is 3.00 bits per heavy atom. The summed E-state index contributed by atoms with van der Waals surface area (Å²) in [5.74, 6) is 0.329. The molecular weight excluding hydrogens is 272 g/mol. The number of halogens is 1. The summed E-state index contributed by atoms with van der Waals surface area (Å²) in [5.41, 5.74) is 1.000. The fraction of sp³-hybridized carbons (Fsp3) is 0.583. The van der Waals surface area contributed by atoms with Gasteiger partial charge in [0, 0.05) is 19.3 Å². The van der Waals surface area contributed by atoms with E-state index in [0.29, 0.717) is 24.2 Å². The van der Waals surface area contributed by atoms with Gasteiger partial charge in [-0.05, 0) is 36.8 Å². The molecule has 100 valence electrons. The molecule has 0 amide bonds. The van der Waals surface area contributed by atoms with Crippen molar-refractivity contribution in [3.05, 3.63) is 29.0 Å². The van der Waals surface area contributed by atoms with Crippen molar-refractivity contribution in [2.75, 3.05) is 19.3 Å². The molecule has 18 heavy (non-hydrogen) atoms. The van der Waals surface area contributed by atoms with Gasteiger partial charge in [-0.1, -0.05) is 17.7 Å². The Balaban J connectivity index is 2.05. The van der Waals surface area contributed by atoms with E-state index in [-0.39, 0.29) is 0 Å². The van der Waals surface area contributed by atoms with Crippen LogP contribution in [0, 0.1) is 5.92 Å². The first-order chi connectivity index (χ1) is 8.47. The van der Waals surface area contributed by atoms with Gasteiger partial charge >= 0.3 is 0 Å². The summed E-state index contributed by atoms with van der Waals surface area (Å²) in [6.45, 7) is 1.22. The van der Waals surface area contributed by atoms with E-state index in [0.717, 1.165) is 24.8 Å². The number of nitrogens with zero attached hydrogens (tertiary/aromatic N) is 2. The van der Waals surface area contributed by atoms with Crippen molar-refractivity contribution in [2.24, 2.45) is 5.92 Å². The summed E-state index contributed by atoms with van der Waals surface area (Å²) < 4.78 is 24.6. The van der Waals surface area contributed by atoms with E-state index in [1.165, 1.54) is 6.26 Å². The molecule has 1 saturated heterocycles. The lowest BCUT2D eigenvalue weighted by molar-refractivity contribution is 0.266. The van der Waals surface area contributed by atoms with Crippen molar-refractivity contribution in [3.8, 4) is 0 Å². The maximum Gasteiger partial charge on any atom is 0.211 e. The molecule has 6 heteroatoms. The molecule has 1 fully saturated rings. The Morgan fingerprint density at radius 2 is 2.33 bits per heavy atom. The molecule has 2 rings (SSSR count). The Hall–Kier alpha value is -0.650. The normalized spacial score (nSPS) is 22.0. The first-order valence-corrected chi connectivity index (χ1v) is 8.24. The molecule has 0 unspecified atom stereocenters. The molecule has 0 N–H and O–H groups in total. The second-order valence-electron chi connectivity index (χ2n) is 4.79. The molecule has 1 aliphatic heterocycles. The van der Waals surface area contributed by atoms with Crippen LogP contribution in [0.1, 0.15) is 18.4 Å². The molecule has 0 aromatic carbocycles. The minimum atomic E-state index is -3.08.